The van der Waals surface area contributed by atoms with Crippen molar-refractivity contribution in [2.45, 2.75) is 39.2 Å². The monoisotopic (exact) mass is 309 g/mol. The Bertz CT molecular complexity index is 637. The number of rotatable bonds is 6. The van der Waals surface area contributed by atoms with Gasteiger partial charge >= 0.3 is 6.09 Å². The Labute approximate surface area is 128 Å². The van der Waals surface area contributed by atoms with Crippen molar-refractivity contribution in [3.8, 4) is 0 Å². The van der Waals surface area contributed by atoms with E-state index in [1.54, 1.807) is 0 Å². The number of carboxylic acid groups (broad SMARTS) is 1. The van der Waals surface area contributed by atoms with Gasteiger partial charge in [-0.05, 0) is 30.0 Å². The minimum Gasteiger partial charge on any atom is -0.465 e. The molecule has 0 aliphatic rings. The SMILES string of the molecule is CC(C)CCn1c(CCl)nc2cc(CNC(=O)O)ccc21. The average Bonchev–Trinajstić information content (AvgIpc) is 2.79. The highest BCUT2D eigenvalue weighted by Gasteiger charge is 2.11. The lowest BCUT2D eigenvalue weighted by atomic mass is 10.1. The molecule has 1 amide bonds. The van der Waals surface area contributed by atoms with Crippen LogP contribution in [0.3, 0.4) is 0 Å². The third kappa shape index (κ3) is 3.88. The lowest BCUT2D eigenvalue weighted by molar-refractivity contribution is 0.194. The lowest BCUT2D eigenvalue weighted by Gasteiger charge is -2.10. The molecule has 21 heavy (non-hydrogen) atoms. The van der Waals surface area contributed by atoms with Gasteiger partial charge in [-0.25, -0.2) is 9.78 Å². The molecule has 0 aliphatic heterocycles. The molecule has 1 aromatic heterocycles. The molecule has 0 saturated carbocycles. The van der Waals surface area contributed by atoms with Crippen LogP contribution >= 0.6 is 11.6 Å². The smallest absolute Gasteiger partial charge is 0.404 e. The van der Waals surface area contributed by atoms with Crippen LogP contribution < -0.4 is 5.32 Å². The Kier molecular flexibility index (Phi) is 5.07. The Balaban J connectivity index is 2.29. The van der Waals surface area contributed by atoms with Crippen molar-refractivity contribution in [2.24, 2.45) is 5.92 Å². The number of amides is 1. The maximum absolute atomic E-state index is 10.5. The summed E-state index contributed by atoms with van der Waals surface area (Å²) in [7, 11) is 0. The fourth-order valence-corrected chi connectivity index (χ4v) is 2.46. The second-order valence-corrected chi connectivity index (χ2v) is 5.74. The summed E-state index contributed by atoms with van der Waals surface area (Å²) < 4.78 is 2.15. The van der Waals surface area contributed by atoms with Crippen LogP contribution in [-0.2, 0) is 19.0 Å². The van der Waals surface area contributed by atoms with Crippen LogP contribution in [0, 0.1) is 5.92 Å². The summed E-state index contributed by atoms with van der Waals surface area (Å²) >= 11 is 5.99. The van der Waals surface area contributed by atoms with Crippen LogP contribution in [0.5, 0.6) is 0 Å². The molecule has 0 fully saturated rings. The number of hydrogen-bond donors (Lipinski definition) is 2. The second kappa shape index (κ2) is 6.80. The minimum atomic E-state index is -1.03. The summed E-state index contributed by atoms with van der Waals surface area (Å²) in [5, 5.41) is 11.0. The summed E-state index contributed by atoms with van der Waals surface area (Å²) in [6.45, 7) is 5.55. The Morgan fingerprint density at radius 3 is 2.86 bits per heavy atom. The van der Waals surface area contributed by atoms with Crippen molar-refractivity contribution in [3.05, 3.63) is 29.6 Å². The van der Waals surface area contributed by atoms with Gasteiger partial charge in [0.1, 0.15) is 5.82 Å². The molecule has 0 unspecified atom stereocenters. The first-order valence-electron chi connectivity index (χ1n) is 7.02. The number of fused-ring (bicyclic) bond motifs is 1. The van der Waals surface area contributed by atoms with Gasteiger partial charge in [0.05, 0.1) is 16.9 Å². The number of nitrogens with one attached hydrogen (secondary N) is 1. The molecule has 0 atom stereocenters. The van der Waals surface area contributed by atoms with E-state index in [0.717, 1.165) is 35.4 Å². The zero-order valence-electron chi connectivity index (χ0n) is 12.3. The standard InChI is InChI=1S/C15H20ClN3O2/c1-10(2)5-6-19-13-4-3-11(9-17-15(20)21)7-12(13)18-14(19)8-16/h3-4,7,10,17H,5-6,8-9H2,1-2H3,(H,20,21). The van der Waals surface area contributed by atoms with Gasteiger partial charge in [-0.1, -0.05) is 19.9 Å². The van der Waals surface area contributed by atoms with E-state index in [9.17, 15) is 4.79 Å². The van der Waals surface area contributed by atoms with E-state index in [1.165, 1.54) is 0 Å². The highest BCUT2D eigenvalue weighted by Crippen LogP contribution is 2.20. The van der Waals surface area contributed by atoms with Crippen LogP contribution in [0.2, 0.25) is 0 Å². The molecule has 1 aromatic carbocycles. The summed E-state index contributed by atoms with van der Waals surface area (Å²) in [4.78, 5) is 15.1. The van der Waals surface area contributed by atoms with Crippen molar-refractivity contribution in [3.63, 3.8) is 0 Å². The fraction of sp³-hybridized carbons (Fsp3) is 0.467. The largest absolute Gasteiger partial charge is 0.465 e. The molecule has 0 bridgehead atoms. The number of carbonyl (C=O) groups is 1. The first-order chi connectivity index (χ1) is 10.0. The number of benzene rings is 1. The number of nitrogens with zero attached hydrogens (tertiary/aromatic N) is 2. The molecule has 0 radical (unpaired) electrons. The molecular weight excluding hydrogens is 290 g/mol. The number of halogens is 1. The summed E-state index contributed by atoms with van der Waals surface area (Å²) in [6.07, 6.45) is 0.0384. The van der Waals surface area contributed by atoms with Crippen LogP contribution in [0.1, 0.15) is 31.7 Å². The van der Waals surface area contributed by atoms with Crippen molar-refractivity contribution in [2.75, 3.05) is 0 Å². The molecule has 1 heterocycles. The molecule has 114 valence electrons. The van der Waals surface area contributed by atoms with Gasteiger partial charge in [-0.15, -0.1) is 11.6 Å². The predicted molar refractivity (Wildman–Crippen MR) is 83.6 cm³/mol. The van der Waals surface area contributed by atoms with Gasteiger partial charge in [0.2, 0.25) is 0 Å². The number of imidazole rings is 1. The second-order valence-electron chi connectivity index (χ2n) is 5.48. The van der Waals surface area contributed by atoms with Crippen LogP contribution in [0.25, 0.3) is 11.0 Å². The lowest BCUT2D eigenvalue weighted by Crippen LogP contribution is -2.19. The Hall–Kier alpha value is -1.75. The molecule has 2 N–H and O–H groups in total. The zero-order chi connectivity index (χ0) is 15.4. The average molecular weight is 310 g/mol. The number of aromatic nitrogens is 2. The van der Waals surface area contributed by atoms with E-state index < -0.39 is 6.09 Å². The van der Waals surface area contributed by atoms with Crippen LogP contribution in [0.15, 0.2) is 18.2 Å². The van der Waals surface area contributed by atoms with Crippen molar-refractivity contribution < 1.29 is 9.90 Å². The van der Waals surface area contributed by atoms with Gasteiger partial charge in [-0.2, -0.15) is 0 Å². The Morgan fingerprint density at radius 1 is 1.48 bits per heavy atom. The van der Waals surface area contributed by atoms with Gasteiger partial charge in [0, 0.05) is 13.1 Å². The minimum absolute atomic E-state index is 0.278. The van der Waals surface area contributed by atoms with Crippen molar-refractivity contribution in [1.29, 1.82) is 0 Å². The van der Waals surface area contributed by atoms with Gasteiger partial charge < -0.3 is 15.0 Å². The van der Waals surface area contributed by atoms with Crippen LogP contribution in [-0.4, -0.2) is 20.8 Å². The first kappa shape index (κ1) is 15.6. The molecule has 6 heteroatoms. The van der Waals surface area contributed by atoms with Crippen LogP contribution in [0.4, 0.5) is 4.79 Å². The van der Waals surface area contributed by atoms with E-state index >= 15 is 0 Å². The fourth-order valence-electron chi connectivity index (χ4n) is 2.25. The molecule has 0 spiro atoms. The molecule has 2 rings (SSSR count). The predicted octanol–water partition coefficient (Wildman–Crippen LogP) is 3.59. The summed E-state index contributed by atoms with van der Waals surface area (Å²) in [5.41, 5.74) is 2.80. The van der Waals surface area contributed by atoms with Gasteiger partial charge in [0.15, 0.2) is 0 Å². The number of alkyl halides is 1. The highest BCUT2D eigenvalue weighted by atomic mass is 35.5. The number of hydrogen-bond acceptors (Lipinski definition) is 2. The van der Waals surface area contributed by atoms with E-state index in [0.29, 0.717) is 11.8 Å². The van der Waals surface area contributed by atoms with Crippen molar-refractivity contribution >= 4 is 28.7 Å². The molecule has 2 aromatic rings. The quantitative estimate of drug-likeness (QED) is 0.801. The third-order valence-electron chi connectivity index (χ3n) is 3.39. The Morgan fingerprint density at radius 2 is 2.24 bits per heavy atom. The van der Waals surface area contributed by atoms with Crippen molar-refractivity contribution in [1.82, 2.24) is 14.9 Å². The topological polar surface area (TPSA) is 67.2 Å². The van der Waals surface area contributed by atoms with E-state index in [2.05, 4.69) is 28.7 Å². The van der Waals surface area contributed by atoms with E-state index in [-0.39, 0.29) is 6.54 Å². The summed E-state index contributed by atoms with van der Waals surface area (Å²) in [6, 6.07) is 5.81. The van der Waals surface area contributed by atoms with Gasteiger partial charge in [-0.3, -0.25) is 0 Å². The van der Waals surface area contributed by atoms with E-state index in [1.807, 2.05) is 18.2 Å². The normalized spacial score (nSPS) is 11.2. The number of aryl methyl sites for hydroxylation is 1. The molecule has 5 nitrogen and oxygen atoms in total. The molecule has 0 aliphatic carbocycles. The van der Waals surface area contributed by atoms with E-state index in [4.69, 9.17) is 16.7 Å². The third-order valence-corrected chi connectivity index (χ3v) is 3.62. The first-order valence-corrected chi connectivity index (χ1v) is 7.55. The molecular formula is C15H20ClN3O2. The zero-order valence-corrected chi connectivity index (χ0v) is 13.0. The van der Waals surface area contributed by atoms with Gasteiger partial charge in [0.25, 0.3) is 0 Å². The highest BCUT2D eigenvalue weighted by molar-refractivity contribution is 6.16. The summed E-state index contributed by atoms with van der Waals surface area (Å²) in [5.74, 6) is 1.84. The molecule has 0 saturated heterocycles. The maximum atomic E-state index is 10.5. The maximum Gasteiger partial charge on any atom is 0.404 e.